The van der Waals surface area contributed by atoms with Crippen LogP contribution in [0.2, 0.25) is 0 Å². The molecule has 0 atom stereocenters. The zero-order valence-electron chi connectivity index (χ0n) is 13.5. The number of ether oxygens (including phenoxy) is 1. The standard InChI is InChI=1S/C16H20BNO3S/c1-15(2)16(3,4)21-17(20-15)13-10-18-14(22-13)11-6-8-12(19-5)9-7-11/h6-10H,1-5H3. The smallest absolute Gasteiger partial charge is 0.497 e. The van der Waals surface area contributed by atoms with Gasteiger partial charge in [-0.3, -0.25) is 0 Å². The van der Waals surface area contributed by atoms with Crippen molar-refractivity contribution in [1.82, 2.24) is 4.98 Å². The van der Waals surface area contributed by atoms with Gasteiger partial charge in [0.2, 0.25) is 0 Å². The predicted octanol–water partition coefficient (Wildman–Crippen LogP) is 3.12. The lowest BCUT2D eigenvalue weighted by molar-refractivity contribution is 0.00578. The Morgan fingerprint density at radius 2 is 1.64 bits per heavy atom. The van der Waals surface area contributed by atoms with E-state index in [2.05, 4.69) is 32.7 Å². The molecule has 116 valence electrons. The average molecular weight is 317 g/mol. The maximum atomic E-state index is 6.06. The number of aromatic nitrogens is 1. The minimum absolute atomic E-state index is 0.331. The van der Waals surface area contributed by atoms with E-state index in [0.29, 0.717) is 0 Å². The molecule has 0 unspecified atom stereocenters. The van der Waals surface area contributed by atoms with Crippen molar-refractivity contribution in [3.8, 4) is 16.3 Å². The van der Waals surface area contributed by atoms with E-state index in [1.165, 1.54) is 0 Å². The molecule has 1 aromatic carbocycles. The molecule has 0 amide bonds. The molecule has 2 aromatic rings. The first-order valence-corrected chi connectivity index (χ1v) is 8.10. The van der Waals surface area contributed by atoms with Crippen molar-refractivity contribution < 1.29 is 14.0 Å². The SMILES string of the molecule is COc1ccc(-c2ncc(B3OC(C)(C)C(C)(C)O3)s2)cc1. The molecule has 22 heavy (non-hydrogen) atoms. The Hall–Kier alpha value is -1.37. The molecular weight excluding hydrogens is 297 g/mol. The van der Waals surface area contributed by atoms with Crippen molar-refractivity contribution in [1.29, 1.82) is 0 Å². The largest absolute Gasteiger partial charge is 0.507 e. The molecule has 0 aliphatic carbocycles. The monoisotopic (exact) mass is 317 g/mol. The molecule has 1 aliphatic heterocycles. The number of hydrogen-bond donors (Lipinski definition) is 0. The molecule has 1 aliphatic rings. The fourth-order valence-electron chi connectivity index (χ4n) is 2.22. The van der Waals surface area contributed by atoms with Crippen molar-refractivity contribution in [2.45, 2.75) is 38.9 Å². The molecule has 0 spiro atoms. The zero-order chi connectivity index (χ0) is 16.0. The van der Waals surface area contributed by atoms with Crippen LogP contribution in [0.15, 0.2) is 30.5 Å². The summed E-state index contributed by atoms with van der Waals surface area (Å²) < 4.78 is 18.3. The van der Waals surface area contributed by atoms with Crippen LogP contribution in [0.4, 0.5) is 0 Å². The number of methoxy groups -OCH3 is 1. The Labute approximate surface area is 135 Å². The summed E-state index contributed by atoms with van der Waals surface area (Å²) in [6, 6.07) is 7.88. The van der Waals surface area contributed by atoms with Gasteiger partial charge < -0.3 is 14.0 Å². The van der Waals surface area contributed by atoms with Gasteiger partial charge in [0.1, 0.15) is 10.8 Å². The lowest BCUT2D eigenvalue weighted by Crippen LogP contribution is -2.41. The quantitative estimate of drug-likeness (QED) is 0.816. The number of benzene rings is 1. The minimum atomic E-state index is -0.352. The van der Waals surface area contributed by atoms with Crippen molar-refractivity contribution in [2.24, 2.45) is 0 Å². The van der Waals surface area contributed by atoms with Gasteiger partial charge in [-0.1, -0.05) is 0 Å². The zero-order valence-corrected chi connectivity index (χ0v) is 14.4. The third-order valence-corrected chi connectivity index (χ3v) is 5.41. The normalized spacial score (nSPS) is 19.4. The number of hydrogen-bond acceptors (Lipinski definition) is 5. The Bertz CT molecular complexity index is 650. The van der Waals surface area contributed by atoms with Gasteiger partial charge in [-0.25, -0.2) is 4.98 Å². The summed E-state index contributed by atoms with van der Waals surface area (Å²) >= 11 is 1.60. The summed E-state index contributed by atoms with van der Waals surface area (Å²) in [5.74, 6) is 0.839. The molecule has 3 rings (SSSR count). The third kappa shape index (κ3) is 2.66. The highest BCUT2D eigenvalue weighted by atomic mass is 32.1. The van der Waals surface area contributed by atoms with Crippen LogP contribution in [-0.4, -0.2) is 30.4 Å². The van der Waals surface area contributed by atoms with Crippen LogP contribution in [0.3, 0.4) is 0 Å². The molecular formula is C16H20BNO3S. The first-order chi connectivity index (χ1) is 10.3. The van der Waals surface area contributed by atoms with Gasteiger partial charge in [0.05, 0.1) is 23.1 Å². The van der Waals surface area contributed by atoms with Crippen molar-refractivity contribution >= 4 is 23.2 Å². The second-order valence-electron chi connectivity index (χ2n) is 6.38. The fraction of sp³-hybridized carbons (Fsp3) is 0.438. The highest BCUT2D eigenvalue weighted by Crippen LogP contribution is 2.37. The van der Waals surface area contributed by atoms with Gasteiger partial charge in [0, 0.05) is 11.8 Å². The summed E-state index contributed by atoms with van der Waals surface area (Å²) in [5.41, 5.74) is 0.401. The van der Waals surface area contributed by atoms with Gasteiger partial charge in [0.25, 0.3) is 0 Å². The number of thiazole rings is 1. The first kappa shape index (κ1) is 15.5. The van der Waals surface area contributed by atoms with E-state index in [1.54, 1.807) is 18.4 Å². The maximum Gasteiger partial charge on any atom is 0.507 e. The Morgan fingerprint density at radius 1 is 1.05 bits per heavy atom. The summed E-state index contributed by atoms with van der Waals surface area (Å²) in [5, 5.41) is 0.951. The van der Waals surface area contributed by atoms with E-state index < -0.39 is 0 Å². The van der Waals surface area contributed by atoms with E-state index in [0.717, 1.165) is 21.1 Å². The summed E-state index contributed by atoms with van der Waals surface area (Å²) in [7, 11) is 1.31. The molecule has 1 saturated heterocycles. The van der Waals surface area contributed by atoms with Crippen molar-refractivity contribution in [3.05, 3.63) is 30.5 Å². The fourth-order valence-corrected chi connectivity index (χ4v) is 3.10. The maximum absolute atomic E-state index is 6.06. The second kappa shape index (κ2) is 5.37. The highest BCUT2D eigenvalue weighted by molar-refractivity contribution is 7.24. The minimum Gasteiger partial charge on any atom is -0.497 e. The Balaban J connectivity index is 1.82. The molecule has 0 saturated carbocycles. The Kier molecular flexibility index (Phi) is 3.79. The molecule has 1 aromatic heterocycles. The summed E-state index contributed by atoms with van der Waals surface area (Å²) in [4.78, 5) is 4.50. The lowest BCUT2D eigenvalue weighted by atomic mass is 9.89. The van der Waals surface area contributed by atoms with Crippen molar-refractivity contribution in [3.63, 3.8) is 0 Å². The summed E-state index contributed by atoms with van der Waals surface area (Å²) in [6.07, 6.45) is 1.84. The van der Waals surface area contributed by atoms with Crippen LogP contribution in [0.5, 0.6) is 5.75 Å². The van der Waals surface area contributed by atoms with Crippen LogP contribution >= 0.6 is 11.3 Å². The lowest BCUT2D eigenvalue weighted by Gasteiger charge is -2.32. The number of nitrogens with zero attached hydrogens (tertiary/aromatic N) is 1. The molecule has 0 bridgehead atoms. The van der Waals surface area contributed by atoms with Gasteiger partial charge in [-0.15, -0.1) is 11.3 Å². The predicted molar refractivity (Wildman–Crippen MR) is 89.8 cm³/mol. The number of rotatable bonds is 3. The van der Waals surface area contributed by atoms with Gasteiger partial charge in [-0.05, 0) is 52.0 Å². The van der Waals surface area contributed by atoms with Gasteiger partial charge >= 0.3 is 7.12 Å². The van der Waals surface area contributed by atoms with E-state index in [9.17, 15) is 0 Å². The van der Waals surface area contributed by atoms with E-state index in [1.807, 2.05) is 30.5 Å². The van der Waals surface area contributed by atoms with E-state index in [4.69, 9.17) is 14.0 Å². The van der Waals surface area contributed by atoms with Gasteiger partial charge in [-0.2, -0.15) is 0 Å². The van der Waals surface area contributed by atoms with Crippen LogP contribution in [-0.2, 0) is 9.31 Å². The first-order valence-electron chi connectivity index (χ1n) is 7.28. The molecule has 6 heteroatoms. The molecule has 0 N–H and O–H groups in total. The van der Waals surface area contributed by atoms with Crippen LogP contribution < -0.4 is 9.51 Å². The molecule has 0 radical (unpaired) electrons. The average Bonchev–Trinajstić information content (AvgIpc) is 3.03. The summed E-state index contributed by atoms with van der Waals surface area (Å²) in [6.45, 7) is 8.22. The Morgan fingerprint density at radius 3 is 2.18 bits per heavy atom. The molecule has 2 heterocycles. The molecule has 1 fully saturated rings. The topological polar surface area (TPSA) is 40.6 Å². The van der Waals surface area contributed by atoms with E-state index >= 15 is 0 Å². The van der Waals surface area contributed by atoms with Crippen LogP contribution in [0, 0.1) is 0 Å². The van der Waals surface area contributed by atoms with Crippen LogP contribution in [0.25, 0.3) is 10.6 Å². The van der Waals surface area contributed by atoms with Crippen LogP contribution in [0.1, 0.15) is 27.7 Å². The molecule has 4 nitrogen and oxygen atoms in total. The van der Waals surface area contributed by atoms with Crippen molar-refractivity contribution in [2.75, 3.05) is 7.11 Å². The highest BCUT2D eigenvalue weighted by Gasteiger charge is 2.52. The second-order valence-corrected chi connectivity index (χ2v) is 7.45. The third-order valence-electron chi connectivity index (χ3n) is 4.35. The van der Waals surface area contributed by atoms with Gasteiger partial charge in [0.15, 0.2) is 0 Å². The van der Waals surface area contributed by atoms with E-state index in [-0.39, 0.29) is 18.3 Å².